The zero-order valence-electron chi connectivity index (χ0n) is 18.5. The van der Waals surface area contributed by atoms with Crippen molar-refractivity contribution in [3.8, 4) is 0 Å². The molecule has 0 heterocycles. The first-order valence-electron chi connectivity index (χ1n) is 11.6. The Hall–Kier alpha value is -0.0400. The standard InChI is InChI=1S/C24H50O/c1-6-7-8-9-11-14-17-20-23(2)25-22-19-16-13-10-12-15-18-21-24(3,4)5/h23H,6-22H2,1-5H3. The monoisotopic (exact) mass is 354 g/mol. The summed E-state index contributed by atoms with van der Waals surface area (Å²) in [5.74, 6) is 0. The van der Waals surface area contributed by atoms with Gasteiger partial charge in [0.05, 0.1) is 6.10 Å². The van der Waals surface area contributed by atoms with E-state index in [2.05, 4.69) is 34.6 Å². The molecule has 0 radical (unpaired) electrons. The lowest BCUT2D eigenvalue weighted by Gasteiger charge is -2.17. The van der Waals surface area contributed by atoms with Crippen LogP contribution in [0.25, 0.3) is 0 Å². The van der Waals surface area contributed by atoms with Gasteiger partial charge < -0.3 is 4.74 Å². The Kier molecular flexibility index (Phi) is 17.3. The highest BCUT2D eigenvalue weighted by atomic mass is 16.5. The van der Waals surface area contributed by atoms with Crippen LogP contribution >= 0.6 is 0 Å². The number of hydrogen-bond donors (Lipinski definition) is 0. The van der Waals surface area contributed by atoms with Gasteiger partial charge in [0, 0.05) is 6.61 Å². The highest BCUT2D eigenvalue weighted by Crippen LogP contribution is 2.22. The molecule has 0 amide bonds. The first-order chi connectivity index (χ1) is 12.0. The first-order valence-corrected chi connectivity index (χ1v) is 11.6. The summed E-state index contributed by atoms with van der Waals surface area (Å²) in [5, 5.41) is 0. The minimum absolute atomic E-state index is 0.466. The molecule has 0 aliphatic rings. The van der Waals surface area contributed by atoms with E-state index in [9.17, 15) is 0 Å². The summed E-state index contributed by atoms with van der Waals surface area (Å²) in [4.78, 5) is 0. The number of hydrogen-bond acceptors (Lipinski definition) is 1. The van der Waals surface area contributed by atoms with Crippen LogP contribution in [0.1, 0.15) is 137 Å². The lowest BCUT2D eigenvalue weighted by molar-refractivity contribution is 0.0557. The molecular formula is C24H50O. The van der Waals surface area contributed by atoms with E-state index >= 15 is 0 Å². The third-order valence-electron chi connectivity index (χ3n) is 5.19. The Morgan fingerprint density at radius 2 is 1.12 bits per heavy atom. The van der Waals surface area contributed by atoms with Gasteiger partial charge >= 0.3 is 0 Å². The van der Waals surface area contributed by atoms with Gasteiger partial charge in [-0.2, -0.15) is 0 Å². The Labute approximate surface area is 160 Å². The average molecular weight is 355 g/mol. The molecule has 0 bridgehead atoms. The van der Waals surface area contributed by atoms with Crippen molar-refractivity contribution in [3.63, 3.8) is 0 Å². The zero-order valence-corrected chi connectivity index (χ0v) is 18.5. The fourth-order valence-electron chi connectivity index (χ4n) is 3.40. The molecule has 0 aromatic carbocycles. The van der Waals surface area contributed by atoms with Gasteiger partial charge in [-0.3, -0.25) is 0 Å². The quantitative estimate of drug-likeness (QED) is 0.224. The van der Waals surface area contributed by atoms with Crippen LogP contribution in [0, 0.1) is 5.41 Å². The maximum absolute atomic E-state index is 5.97. The second-order valence-electron chi connectivity index (χ2n) is 9.38. The predicted octanol–water partition coefficient (Wildman–Crippen LogP) is 8.70. The van der Waals surface area contributed by atoms with Crippen LogP contribution in [-0.4, -0.2) is 12.7 Å². The molecule has 1 unspecified atom stereocenters. The maximum atomic E-state index is 5.97. The third kappa shape index (κ3) is 21.9. The molecule has 152 valence electrons. The number of ether oxygens (including phenoxy) is 1. The van der Waals surface area contributed by atoms with Crippen LogP contribution in [0.15, 0.2) is 0 Å². The molecule has 0 N–H and O–H groups in total. The fraction of sp³-hybridized carbons (Fsp3) is 1.00. The zero-order chi connectivity index (χ0) is 18.8. The Balaban J connectivity index is 3.18. The van der Waals surface area contributed by atoms with Crippen molar-refractivity contribution < 1.29 is 4.74 Å². The van der Waals surface area contributed by atoms with Crippen LogP contribution in [-0.2, 0) is 4.74 Å². The summed E-state index contributed by atoms with van der Waals surface area (Å²) in [7, 11) is 0. The van der Waals surface area contributed by atoms with Gasteiger partial charge in [-0.05, 0) is 31.6 Å². The molecule has 0 aliphatic carbocycles. The molecule has 1 nitrogen and oxygen atoms in total. The van der Waals surface area contributed by atoms with Crippen molar-refractivity contribution in [2.24, 2.45) is 5.41 Å². The predicted molar refractivity (Wildman–Crippen MR) is 114 cm³/mol. The summed E-state index contributed by atoms with van der Waals surface area (Å²) in [6.45, 7) is 12.6. The molecule has 0 saturated carbocycles. The van der Waals surface area contributed by atoms with Crippen molar-refractivity contribution >= 4 is 0 Å². The normalized spacial score (nSPS) is 13.3. The van der Waals surface area contributed by atoms with Crippen LogP contribution in [0.2, 0.25) is 0 Å². The molecule has 0 fully saturated rings. The molecule has 0 saturated heterocycles. The Bertz CT molecular complexity index is 253. The van der Waals surface area contributed by atoms with E-state index < -0.39 is 0 Å². The average Bonchev–Trinajstić information content (AvgIpc) is 2.54. The van der Waals surface area contributed by atoms with Gasteiger partial charge in [0.15, 0.2) is 0 Å². The number of rotatable bonds is 18. The van der Waals surface area contributed by atoms with Gasteiger partial charge in [0.25, 0.3) is 0 Å². The van der Waals surface area contributed by atoms with Crippen molar-refractivity contribution in [2.45, 2.75) is 143 Å². The Morgan fingerprint density at radius 1 is 0.640 bits per heavy atom. The summed E-state index contributed by atoms with van der Waals surface area (Å²) in [5.41, 5.74) is 0.517. The second-order valence-corrected chi connectivity index (χ2v) is 9.38. The third-order valence-corrected chi connectivity index (χ3v) is 5.19. The molecule has 0 aromatic heterocycles. The minimum Gasteiger partial charge on any atom is -0.379 e. The van der Waals surface area contributed by atoms with Crippen molar-refractivity contribution in [1.82, 2.24) is 0 Å². The maximum Gasteiger partial charge on any atom is 0.0547 e. The molecule has 0 aromatic rings. The van der Waals surface area contributed by atoms with E-state index in [1.807, 2.05) is 0 Å². The van der Waals surface area contributed by atoms with E-state index in [1.165, 1.54) is 103 Å². The van der Waals surface area contributed by atoms with Gasteiger partial charge in [0.1, 0.15) is 0 Å². The molecule has 0 rings (SSSR count). The molecule has 0 aliphatic heterocycles. The van der Waals surface area contributed by atoms with Crippen molar-refractivity contribution in [1.29, 1.82) is 0 Å². The van der Waals surface area contributed by atoms with E-state index in [4.69, 9.17) is 4.74 Å². The fourth-order valence-corrected chi connectivity index (χ4v) is 3.40. The molecule has 1 heteroatoms. The lowest BCUT2D eigenvalue weighted by atomic mass is 9.89. The first kappa shape index (κ1) is 25.0. The smallest absolute Gasteiger partial charge is 0.0547 e. The highest BCUT2D eigenvalue weighted by molar-refractivity contribution is 4.61. The Morgan fingerprint density at radius 3 is 1.68 bits per heavy atom. The van der Waals surface area contributed by atoms with Crippen molar-refractivity contribution in [3.05, 3.63) is 0 Å². The summed E-state index contributed by atoms with van der Waals surface area (Å²) < 4.78 is 5.97. The SMILES string of the molecule is CCCCCCCCCC(C)OCCCCCCCCCC(C)(C)C. The van der Waals surface area contributed by atoms with Crippen LogP contribution < -0.4 is 0 Å². The second kappa shape index (κ2) is 17.4. The van der Waals surface area contributed by atoms with Gasteiger partial charge in [-0.1, -0.05) is 111 Å². The van der Waals surface area contributed by atoms with Gasteiger partial charge in [0.2, 0.25) is 0 Å². The van der Waals surface area contributed by atoms with Crippen LogP contribution in [0.3, 0.4) is 0 Å². The molecular weight excluding hydrogens is 304 g/mol. The number of unbranched alkanes of at least 4 members (excludes halogenated alkanes) is 12. The van der Waals surface area contributed by atoms with E-state index in [1.54, 1.807) is 0 Å². The van der Waals surface area contributed by atoms with Crippen LogP contribution in [0.5, 0.6) is 0 Å². The van der Waals surface area contributed by atoms with E-state index in [0.717, 1.165) is 6.61 Å². The van der Waals surface area contributed by atoms with Crippen LogP contribution in [0.4, 0.5) is 0 Å². The van der Waals surface area contributed by atoms with E-state index in [-0.39, 0.29) is 0 Å². The minimum atomic E-state index is 0.466. The van der Waals surface area contributed by atoms with Gasteiger partial charge in [-0.25, -0.2) is 0 Å². The lowest BCUT2D eigenvalue weighted by Crippen LogP contribution is -2.09. The largest absolute Gasteiger partial charge is 0.379 e. The van der Waals surface area contributed by atoms with Gasteiger partial charge in [-0.15, -0.1) is 0 Å². The topological polar surface area (TPSA) is 9.23 Å². The summed E-state index contributed by atoms with van der Waals surface area (Å²) >= 11 is 0. The summed E-state index contributed by atoms with van der Waals surface area (Å²) in [6, 6.07) is 0. The highest BCUT2D eigenvalue weighted by Gasteiger charge is 2.08. The summed E-state index contributed by atoms with van der Waals surface area (Å²) in [6.07, 6.45) is 22.5. The van der Waals surface area contributed by atoms with E-state index in [0.29, 0.717) is 11.5 Å². The molecule has 25 heavy (non-hydrogen) atoms. The molecule has 1 atom stereocenters. The molecule has 0 spiro atoms. The van der Waals surface area contributed by atoms with Crippen molar-refractivity contribution in [2.75, 3.05) is 6.61 Å².